The highest BCUT2D eigenvalue weighted by Crippen LogP contribution is 2.33. The van der Waals surface area contributed by atoms with E-state index >= 15 is 0 Å². The number of ether oxygens (including phenoxy) is 1. The van der Waals surface area contributed by atoms with Crippen molar-refractivity contribution < 1.29 is 9.26 Å². The molecule has 1 saturated heterocycles. The molecule has 1 aliphatic heterocycles. The molecule has 1 atom stereocenters. The summed E-state index contributed by atoms with van der Waals surface area (Å²) in [5, 5.41) is 7.30. The van der Waals surface area contributed by atoms with Gasteiger partial charge in [0.1, 0.15) is 6.10 Å². The molecule has 88 valence electrons. The fraction of sp³-hybridized carbons (Fsp3) is 0.818. The van der Waals surface area contributed by atoms with Gasteiger partial charge in [0.2, 0.25) is 11.7 Å². The van der Waals surface area contributed by atoms with Crippen molar-refractivity contribution in [3.8, 4) is 0 Å². The lowest BCUT2D eigenvalue weighted by molar-refractivity contribution is 0.0208. The van der Waals surface area contributed by atoms with E-state index in [9.17, 15) is 0 Å². The van der Waals surface area contributed by atoms with Gasteiger partial charge in [0.15, 0.2) is 0 Å². The summed E-state index contributed by atoms with van der Waals surface area (Å²) in [4.78, 5) is 4.47. The third-order valence-electron chi connectivity index (χ3n) is 3.38. The Bertz CT molecular complexity index is 341. The number of nitrogens with zero attached hydrogens (tertiary/aromatic N) is 2. The normalized spacial score (nSPS) is 27.4. The van der Waals surface area contributed by atoms with Crippen molar-refractivity contribution >= 4 is 0 Å². The van der Waals surface area contributed by atoms with Crippen molar-refractivity contribution in [3.05, 3.63) is 11.7 Å². The van der Waals surface area contributed by atoms with Gasteiger partial charge in [0, 0.05) is 19.0 Å². The molecule has 0 spiro atoms. The zero-order chi connectivity index (χ0) is 10.8. The molecule has 1 N–H and O–H groups in total. The van der Waals surface area contributed by atoms with E-state index in [1.165, 1.54) is 25.7 Å². The molecule has 5 heteroatoms. The largest absolute Gasteiger partial charge is 0.367 e. The molecule has 1 aromatic heterocycles. The lowest BCUT2D eigenvalue weighted by Gasteiger charge is -2.20. The molecule has 1 saturated carbocycles. The van der Waals surface area contributed by atoms with E-state index in [-0.39, 0.29) is 6.10 Å². The van der Waals surface area contributed by atoms with Crippen LogP contribution in [0.5, 0.6) is 0 Å². The molecular weight excluding hydrogens is 206 g/mol. The number of rotatable bonds is 2. The minimum Gasteiger partial charge on any atom is -0.367 e. The molecule has 5 nitrogen and oxygen atoms in total. The number of hydrogen-bond acceptors (Lipinski definition) is 5. The van der Waals surface area contributed by atoms with Crippen molar-refractivity contribution in [1.82, 2.24) is 15.5 Å². The Labute approximate surface area is 94.6 Å². The van der Waals surface area contributed by atoms with Crippen LogP contribution >= 0.6 is 0 Å². The van der Waals surface area contributed by atoms with Gasteiger partial charge >= 0.3 is 0 Å². The maximum Gasteiger partial charge on any atom is 0.229 e. The summed E-state index contributed by atoms with van der Waals surface area (Å²) in [6, 6.07) is 0. The number of hydrogen-bond donors (Lipinski definition) is 1. The molecule has 16 heavy (non-hydrogen) atoms. The second-order valence-corrected chi connectivity index (χ2v) is 4.54. The number of morpholine rings is 1. The third kappa shape index (κ3) is 1.97. The van der Waals surface area contributed by atoms with Gasteiger partial charge in [-0.15, -0.1) is 0 Å². The molecular formula is C11H17N3O2. The fourth-order valence-electron chi connectivity index (χ4n) is 2.45. The summed E-state index contributed by atoms with van der Waals surface area (Å²) in [5.41, 5.74) is 0. The van der Waals surface area contributed by atoms with E-state index < -0.39 is 0 Å². The Kier molecular flexibility index (Phi) is 2.88. The van der Waals surface area contributed by atoms with Crippen LogP contribution in [0.2, 0.25) is 0 Å². The number of nitrogens with one attached hydrogen (secondary N) is 1. The second-order valence-electron chi connectivity index (χ2n) is 4.54. The van der Waals surface area contributed by atoms with Crippen LogP contribution in [0.1, 0.15) is 49.4 Å². The maximum absolute atomic E-state index is 5.59. The van der Waals surface area contributed by atoms with Crippen molar-refractivity contribution in [2.45, 2.75) is 37.7 Å². The van der Waals surface area contributed by atoms with E-state index in [0.717, 1.165) is 25.6 Å². The smallest absolute Gasteiger partial charge is 0.229 e. The average Bonchev–Trinajstić information content (AvgIpc) is 3.01. The van der Waals surface area contributed by atoms with Crippen LogP contribution in [-0.2, 0) is 4.74 Å². The van der Waals surface area contributed by atoms with Crippen LogP contribution in [0.4, 0.5) is 0 Å². The standard InChI is InChI=1S/C11H17N3O2/c1-2-4-8(3-1)11-13-10(14-16-11)9-7-12-5-6-15-9/h8-9,12H,1-7H2. The summed E-state index contributed by atoms with van der Waals surface area (Å²) < 4.78 is 10.9. The van der Waals surface area contributed by atoms with Crippen LogP contribution in [0.15, 0.2) is 4.52 Å². The van der Waals surface area contributed by atoms with Crippen LogP contribution < -0.4 is 5.32 Å². The Hall–Kier alpha value is -0.940. The topological polar surface area (TPSA) is 60.2 Å². The average molecular weight is 223 g/mol. The van der Waals surface area contributed by atoms with Gasteiger partial charge in [0.05, 0.1) is 6.61 Å². The molecule has 1 aromatic rings. The molecule has 3 rings (SSSR count). The van der Waals surface area contributed by atoms with E-state index in [1.54, 1.807) is 0 Å². The van der Waals surface area contributed by atoms with Crippen molar-refractivity contribution in [2.75, 3.05) is 19.7 Å². The molecule has 2 aliphatic rings. The van der Waals surface area contributed by atoms with Crippen LogP contribution in [-0.4, -0.2) is 29.8 Å². The zero-order valence-electron chi connectivity index (χ0n) is 9.32. The van der Waals surface area contributed by atoms with Crippen LogP contribution in [0, 0.1) is 0 Å². The summed E-state index contributed by atoms with van der Waals surface area (Å²) in [7, 11) is 0. The molecule has 2 fully saturated rings. The lowest BCUT2D eigenvalue weighted by Crippen LogP contribution is -2.33. The predicted molar refractivity (Wildman–Crippen MR) is 57.1 cm³/mol. The maximum atomic E-state index is 5.59. The zero-order valence-corrected chi connectivity index (χ0v) is 9.32. The second kappa shape index (κ2) is 4.51. The minimum atomic E-state index is -0.0346. The first kappa shape index (κ1) is 10.2. The SMILES string of the molecule is C1CCC(c2nc(C3CNCCO3)no2)C1. The first-order valence-electron chi connectivity index (χ1n) is 6.09. The summed E-state index contributed by atoms with van der Waals surface area (Å²) in [6.07, 6.45) is 4.90. The lowest BCUT2D eigenvalue weighted by atomic mass is 10.1. The highest BCUT2D eigenvalue weighted by atomic mass is 16.5. The molecule has 0 radical (unpaired) electrons. The van der Waals surface area contributed by atoms with Gasteiger partial charge in [0.25, 0.3) is 0 Å². The van der Waals surface area contributed by atoms with Crippen molar-refractivity contribution in [1.29, 1.82) is 0 Å². The highest BCUT2D eigenvalue weighted by Gasteiger charge is 2.26. The van der Waals surface area contributed by atoms with Gasteiger partial charge in [-0.2, -0.15) is 4.98 Å². The van der Waals surface area contributed by atoms with Crippen LogP contribution in [0.3, 0.4) is 0 Å². The highest BCUT2D eigenvalue weighted by molar-refractivity contribution is 4.99. The van der Waals surface area contributed by atoms with E-state index in [4.69, 9.17) is 9.26 Å². The van der Waals surface area contributed by atoms with E-state index in [1.807, 2.05) is 0 Å². The van der Waals surface area contributed by atoms with Gasteiger partial charge in [-0.3, -0.25) is 0 Å². The Balaban J connectivity index is 1.71. The summed E-state index contributed by atoms with van der Waals surface area (Å²) in [5.74, 6) is 1.99. The number of aromatic nitrogens is 2. The Morgan fingerprint density at radius 3 is 2.88 bits per heavy atom. The fourth-order valence-corrected chi connectivity index (χ4v) is 2.45. The molecule has 2 heterocycles. The van der Waals surface area contributed by atoms with Crippen molar-refractivity contribution in [3.63, 3.8) is 0 Å². The molecule has 1 aliphatic carbocycles. The molecule has 0 aromatic carbocycles. The molecule has 1 unspecified atom stereocenters. The quantitative estimate of drug-likeness (QED) is 0.821. The van der Waals surface area contributed by atoms with Crippen molar-refractivity contribution in [2.24, 2.45) is 0 Å². The van der Waals surface area contributed by atoms with Gasteiger partial charge in [-0.05, 0) is 12.8 Å². The van der Waals surface area contributed by atoms with Gasteiger partial charge < -0.3 is 14.6 Å². The first-order chi connectivity index (χ1) is 7.93. The van der Waals surface area contributed by atoms with E-state index in [0.29, 0.717) is 11.7 Å². The monoisotopic (exact) mass is 223 g/mol. The molecule has 0 bridgehead atoms. The minimum absolute atomic E-state index is 0.0346. The third-order valence-corrected chi connectivity index (χ3v) is 3.38. The predicted octanol–water partition coefficient (Wildman–Crippen LogP) is 1.39. The van der Waals surface area contributed by atoms with E-state index in [2.05, 4.69) is 15.5 Å². The summed E-state index contributed by atoms with van der Waals surface area (Å²) in [6.45, 7) is 2.41. The first-order valence-corrected chi connectivity index (χ1v) is 6.09. The Morgan fingerprint density at radius 2 is 2.12 bits per heavy atom. The van der Waals surface area contributed by atoms with Gasteiger partial charge in [-0.1, -0.05) is 18.0 Å². The molecule has 0 amide bonds. The van der Waals surface area contributed by atoms with Gasteiger partial charge in [-0.25, -0.2) is 0 Å². The summed E-state index contributed by atoms with van der Waals surface area (Å²) >= 11 is 0. The van der Waals surface area contributed by atoms with Crippen LogP contribution in [0.25, 0.3) is 0 Å². The Morgan fingerprint density at radius 1 is 1.25 bits per heavy atom.